The Hall–Kier alpha value is -3.13. The van der Waals surface area contributed by atoms with Crippen LogP contribution in [0.25, 0.3) is 0 Å². The highest BCUT2D eigenvalue weighted by molar-refractivity contribution is 8.14. The standard InChI is InChI=1S/C19H18N4O3S/c1-12(13-7-9-15(24)10-8-13)21-22-19(20)27-16-11-17(25)23(18(16)26)14-5-3-2-4-6-14/h2-10,16,24H,11H2,1H3,(H2,20,22)/b21-12+. The number of para-hydroxylation sites is 1. The third kappa shape index (κ3) is 4.35. The quantitative estimate of drug-likeness (QED) is 0.365. The number of hydrogen-bond donors (Lipinski definition) is 2. The summed E-state index contributed by atoms with van der Waals surface area (Å²) in [5, 5.41) is 16.8. The van der Waals surface area contributed by atoms with Crippen LogP contribution in [0.1, 0.15) is 18.9 Å². The second-order valence-corrected chi connectivity index (χ2v) is 7.11. The van der Waals surface area contributed by atoms with Crippen molar-refractivity contribution in [2.45, 2.75) is 18.6 Å². The molecule has 27 heavy (non-hydrogen) atoms. The summed E-state index contributed by atoms with van der Waals surface area (Å²) in [5.74, 6) is -0.411. The molecule has 3 rings (SSSR count). The van der Waals surface area contributed by atoms with Crippen LogP contribution < -0.4 is 10.6 Å². The number of benzene rings is 2. The Bertz CT molecular complexity index is 910. The Balaban J connectivity index is 1.68. The number of phenolic OH excluding ortho intramolecular Hbond substituents is 1. The highest BCUT2D eigenvalue weighted by Crippen LogP contribution is 2.29. The summed E-state index contributed by atoms with van der Waals surface area (Å²) in [7, 11) is 0. The first-order valence-corrected chi connectivity index (χ1v) is 9.09. The van der Waals surface area contributed by atoms with Crippen LogP contribution in [0.4, 0.5) is 5.69 Å². The van der Waals surface area contributed by atoms with Gasteiger partial charge in [0.2, 0.25) is 11.8 Å². The van der Waals surface area contributed by atoms with Gasteiger partial charge < -0.3 is 10.8 Å². The molecule has 0 radical (unpaired) electrons. The van der Waals surface area contributed by atoms with Gasteiger partial charge in [0.15, 0.2) is 5.17 Å². The number of amidine groups is 1. The molecule has 1 fully saturated rings. The summed E-state index contributed by atoms with van der Waals surface area (Å²) in [6.07, 6.45) is 0.0648. The van der Waals surface area contributed by atoms with Crippen LogP contribution in [0.3, 0.4) is 0 Å². The van der Waals surface area contributed by atoms with Crippen molar-refractivity contribution < 1.29 is 14.7 Å². The molecule has 1 atom stereocenters. The average Bonchev–Trinajstić information content (AvgIpc) is 2.94. The Kier molecular flexibility index (Phi) is 5.56. The number of hydrogen-bond acceptors (Lipinski definition) is 6. The van der Waals surface area contributed by atoms with Crippen molar-refractivity contribution in [3.63, 3.8) is 0 Å². The smallest absolute Gasteiger partial charge is 0.247 e. The fourth-order valence-corrected chi connectivity index (χ4v) is 3.41. The van der Waals surface area contributed by atoms with Gasteiger partial charge in [-0.2, -0.15) is 5.10 Å². The molecule has 1 heterocycles. The molecule has 1 aliphatic heterocycles. The summed E-state index contributed by atoms with van der Waals surface area (Å²) in [6.45, 7) is 1.76. The summed E-state index contributed by atoms with van der Waals surface area (Å²) < 4.78 is 0. The molecule has 2 aromatic rings. The zero-order valence-corrected chi connectivity index (χ0v) is 15.4. The van der Waals surface area contributed by atoms with E-state index >= 15 is 0 Å². The molecule has 0 bridgehead atoms. The van der Waals surface area contributed by atoms with Gasteiger partial charge in [-0.3, -0.25) is 9.59 Å². The van der Waals surface area contributed by atoms with Crippen molar-refractivity contribution in [3.8, 4) is 5.75 Å². The Labute approximate surface area is 160 Å². The normalized spacial score (nSPS) is 18.3. The second-order valence-electron chi connectivity index (χ2n) is 5.88. The molecule has 0 aliphatic carbocycles. The van der Waals surface area contributed by atoms with Gasteiger partial charge in [0.05, 0.1) is 11.4 Å². The Morgan fingerprint density at radius 1 is 1.11 bits per heavy atom. The molecule has 1 unspecified atom stereocenters. The molecule has 0 spiro atoms. The first-order chi connectivity index (χ1) is 13.0. The average molecular weight is 382 g/mol. The van der Waals surface area contributed by atoms with E-state index < -0.39 is 5.25 Å². The number of imide groups is 1. The second kappa shape index (κ2) is 8.05. The number of carbonyl (C=O) groups is 2. The molecule has 0 saturated carbocycles. The summed E-state index contributed by atoms with van der Waals surface area (Å²) in [6, 6.07) is 15.3. The zero-order chi connectivity index (χ0) is 19.4. The number of amides is 2. The minimum absolute atomic E-state index is 0.0648. The van der Waals surface area contributed by atoms with Gasteiger partial charge in [-0.1, -0.05) is 30.0 Å². The van der Waals surface area contributed by atoms with Crippen LogP contribution >= 0.6 is 11.8 Å². The van der Waals surface area contributed by atoms with Crippen molar-refractivity contribution >= 4 is 40.1 Å². The molecular formula is C19H18N4O3S. The number of nitrogens with zero attached hydrogens (tertiary/aromatic N) is 3. The molecule has 0 aromatic heterocycles. The highest BCUT2D eigenvalue weighted by Gasteiger charge is 2.40. The molecule has 1 saturated heterocycles. The summed E-state index contributed by atoms with van der Waals surface area (Å²) in [4.78, 5) is 26.0. The molecule has 2 amide bonds. The molecule has 138 valence electrons. The topological polar surface area (TPSA) is 108 Å². The van der Waals surface area contributed by atoms with Crippen LogP contribution in [-0.2, 0) is 9.59 Å². The van der Waals surface area contributed by atoms with Gasteiger partial charge >= 0.3 is 0 Å². The SMILES string of the molecule is C/C(=N\N=C(/N)SC1CC(=O)N(c2ccccc2)C1=O)c1ccc(O)cc1. The van der Waals surface area contributed by atoms with Gasteiger partial charge in [0.25, 0.3) is 0 Å². The van der Waals surface area contributed by atoms with Crippen LogP contribution in [0.15, 0.2) is 64.8 Å². The van der Waals surface area contributed by atoms with E-state index in [0.717, 1.165) is 17.3 Å². The van der Waals surface area contributed by atoms with Crippen LogP contribution in [0.2, 0.25) is 0 Å². The van der Waals surface area contributed by atoms with Gasteiger partial charge in [0.1, 0.15) is 11.0 Å². The number of rotatable bonds is 4. The molecular weight excluding hydrogens is 364 g/mol. The van der Waals surface area contributed by atoms with Crippen LogP contribution in [0.5, 0.6) is 5.75 Å². The zero-order valence-electron chi connectivity index (χ0n) is 14.6. The van der Waals surface area contributed by atoms with E-state index in [4.69, 9.17) is 5.73 Å². The van der Waals surface area contributed by atoms with E-state index in [0.29, 0.717) is 11.4 Å². The first-order valence-electron chi connectivity index (χ1n) is 8.21. The maximum atomic E-state index is 12.6. The minimum Gasteiger partial charge on any atom is -0.508 e. The maximum Gasteiger partial charge on any atom is 0.247 e. The molecule has 8 heteroatoms. The predicted octanol–water partition coefficient (Wildman–Crippen LogP) is 2.50. The van der Waals surface area contributed by atoms with Crippen molar-refractivity contribution in [2.24, 2.45) is 15.9 Å². The lowest BCUT2D eigenvalue weighted by molar-refractivity contribution is -0.121. The van der Waals surface area contributed by atoms with Gasteiger partial charge in [-0.05, 0) is 48.9 Å². The van der Waals surface area contributed by atoms with Crippen molar-refractivity contribution in [1.29, 1.82) is 0 Å². The van der Waals surface area contributed by atoms with Crippen LogP contribution in [0, 0.1) is 0 Å². The lowest BCUT2D eigenvalue weighted by atomic mass is 10.1. The largest absolute Gasteiger partial charge is 0.508 e. The number of phenols is 1. The molecule has 1 aliphatic rings. The highest BCUT2D eigenvalue weighted by atomic mass is 32.2. The lowest BCUT2D eigenvalue weighted by Crippen LogP contribution is -2.31. The number of aromatic hydroxyl groups is 1. The van der Waals surface area contributed by atoms with Crippen molar-refractivity contribution in [3.05, 3.63) is 60.2 Å². The third-order valence-electron chi connectivity index (χ3n) is 3.97. The monoisotopic (exact) mass is 382 g/mol. The maximum absolute atomic E-state index is 12.6. The fourth-order valence-electron chi connectivity index (χ4n) is 2.60. The predicted molar refractivity (Wildman–Crippen MR) is 107 cm³/mol. The third-order valence-corrected chi connectivity index (χ3v) is 4.94. The Morgan fingerprint density at radius 3 is 2.44 bits per heavy atom. The van der Waals surface area contributed by atoms with E-state index in [1.165, 1.54) is 4.90 Å². The van der Waals surface area contributed by atoms with Crippen LogP contribution in [-0.4, -0.2) is 33.1 Å². The van der Waals surface area contributed by atoms with E-state index in [1.807, 2.05) is 6.07 Å². The van der Waals surface area contributed by atoms with Gasteiger partial charge in [0, 0.05) is 6.42 Å². The number of carbonyl (C=O) groups excluding carboxylic acids is 2. The van der Waals surface area contributed by atoms with E-state index in [-0.39, 0.29) is 29.2 Å². The van der Waals surface area contributed by atoms with E-state index in [2.05, 4.69) is 10.2 Å². The molecule has 3 N–H and O–H groups in total. The lowest BCUT2D eigenvalue weighted by Gasteiger charge is -2.14. The van der Waals surface area contributed by atoms with Crippen molar-refractivity contribution in [2.75, 3.05) is 4.90 Å². The summed E-state index contributed by atoms with van der Waals surface area (Å²) in [5.41, 5.74) is 7.83. The number of thioether (sulfide) groups is 1. The van der Waals surface area contributed by atoms with E-state index in [9.17, 15) is 14.7 Å². The minimum atomic E-state index is -0.620. The number of anilines is 1. The van der Waals surface area contributed by atoms with Gasteiger partial charge in [-0.15, -0.1) is 5.10 Å². The molecule has 7 nitrogen and oxygen atoms in total. The Morgan fingerprint density at radius 2 is 1.78 bits per heavy atom. The molecule has 2 aromatic carbocycles. The summed E-state index contributed by atoms with van der Waals surface area (Å²) >= 11 is 1.03. The van der Waals surface area contributed by atoms with E-state index in [1.54, 1.807) is 55.5 Å². The first kappa shape index (κ1) is 18.7. The van der Waals surface area contributed by atoms with Gasteiger partial charge in [-0.25, -0.2) is 4.90 Å². The number of nitrogens with two attached hydrogens (primary N) is 1. The fraction of sp³-hybridized carbons (Fsp3) is 0.158. The van der Waals surface area contributed by atoms with Crippen molar-refractivity contribution in [1.82, 2.24) is 0 Å².